The predicted octanol–water partition coefficient (Wildman–Crippen LogP) is 5.77. The Balaban J connectivity index is 2.39. The van der Waals surface area contributed by atoms with E-state index < -0.39 is 41.3 Å². The number of aldehydes is 1. The third kappa shape index (κ3) is 3.84. The molecule has 0 unspecified atom stereocenters. The molecule has 2 nitrogen and oxygen atoms in total. The van der Waals surface area contributed by atoms with Crippen molar-refractivity contribution < 1.29 is 31.1 Å². The van der Waals surface area contributed by atoms with Gasteiger partial charge in [0.25, 0.3) is 12.9 Å². The number of benzene rings is 2. The van der Waals surface area contributed by atoms with Crippen molar-refractivity contribution in [3.05, 3.63) is 58.7 Å². The Labute approximate surface area is 137 Å². The van der Waals surface area contributed by atoms with Crippen molar-refractivity contribution in [1.29, 1.82) is 0 Å². The Hall–Kier alpha value is -2.16. The number of carbonyl (C=O) groups is 1. The van der Waals surface area contributed by atoms with Crippen molar-refractivity contribution in [2.45, 2.75) is 17.7 Å². The van der Waals surface area contributed by atoms with Crippen LogP contribution >= 0.6 is 11.9 Å². The minimum Gasteiger partial charge on any atom is -0.321 e. The molecule has 0 spiro atoms. The van der Waals surface area contributed by atoms with Crippen LogP contribution in [0.5, 0.6) is 0 Å². The number of rotatable bonds is 6. The predicted molar refractivity (Wildman–Crippen MR) is 77.6 cm³/mol. The molecule has 128 valence electrons. The van der Waals surface area contributed by atoms with E-state index in [0.29, 0.717) is 23.1 Å². The molecular formula is C15H9F6NOS. The van der Waals surface area contributed by atoms with E-state index in [1.807, 2.05) is 0 Å². The van der Waals surface area contributed by atoms with Crippen LogP contribution in [0.1, 0.15) is 34.3 Å². The number of nitrogens with one attached hydrogen (secondary N) is 1. The highest BCUT2D eigenvalue weighted by Crippen LogP contribution is 2.37. The largest absolute Gasteiger partial charge is 0.321 e. The zero-order valence-electron chi connectivity index (χ0n) is 11.7. The van der Waals surface area contributed by atoms with E-state index in [0.717, 1.165) is 0 Å². The van der Waals surface area contributed by atoms with Crippen molar-refractivity contribution in [2.24, 2.45) is 0 Å². The summed E-state index contributed by atoms with van der Waals surface area (Å²) in [6.45, 7) is 0. The molecule has 9 heteroatoms. The molecule has 2 rings (SSSR count). The van der Waals surface area contributed by atoms with E-state index in [1.165, 1.54) is 24.3 Å². The first-order chi connectivity index (χ1) is 11.3. The Morgan fingerprint density at radius 2 is 1.54 bits per heavy atom. The normalized spacial score (nSPS) is 11.2. The fourth-order valence-electron chi connectivity index (χ4n) is 1.85. The second-order valence-electron chi connectivity index (χ2n) is 4.55. The highest BCUT2D eigenvalue weighted by Gasteiger charge is 2.27. The Kier molecular flexibility index (Phi) is 5.76. The van der Waals surface area contributed by atoms with Gasteiger partial charge in [0, 0.05) is 10.5 Å². The zero-order valence-corrected chi connectivity index (χ0v) is 12.5. The maximum absolute atomic E-state index is 14.0. The van der Waals surface area contributed by atoms with Crippen LogP contribution < -0.4 is 4.72 Å². The highest BCUT2D eigenvalue weighted by atomic mass is 32.2. The molecule has 0 fully saturated rings. The lowest BCUT2D eigenvalue weighted by atomic mass is 10.1. The molecule has 0 aliphatic heterocycles. The van der Waals surface area contributed by atoms with Gasteiger partial charge in [-0.25, -0.2) is 26.3 Å². The Morgan fingerprint density at radius 1 is 0.958 bits per heavy atom. The van der Waals surface area contributed by atoms with E-state index in [4.69, 9.17) is 0 Å². The summed E-state index contributed by atoms with van der Waals surface area (Å²) in [6.07, 6.45) is -6.23. The maximum Gasteiger partial charge on any atom is 0.266 e. The molecule has 2 aromatic rings. The summed E-state index contributed by atoms with van der Waals surface area (Å²) in [6, 6.07) is 5.92. The molecule has 0 saturated carbocycles. The van der Waals surface area contributed by atoms with E-state index in [9.17, 15) is 31.1 Å². The number of carbonyl (C=O) groups excluding carboxylic acids is 1. The monoisotopic (exact) mass is 365 g/mol. The third-order valence-corrected chi connectivity index (χ3v) is 3.79. The summed E-state index contributed by atoms with van der Waals surface area (Å²) in [5, 5.41) is 0. The van der Waals surface area contributed by atoms with Crippen molar-refractivity contribution in [3.8, 4) is 0 Å². The number of alkyl halides is 4. The van der Waals surface area contributed by atoms with Crippen LogP contribution in [0.15, 0.2) is 35.2 Å². The summed E-state index contributed by atoms with van der Waals surface area (Å²) in [4.78, 5) is 11.0. The average Bonchev–Trinajstić information content (AvgIpc) is 2.54. The summed E-state index contributed by atoms with van der Waals surface area (Å²) in [7, 11) is 0. The molecular weight excluding hydrogens is 356 g/mol. The van der Waals surface area contributed by atoms with E-state index in [1.54, 1.807) is 0 Å². The molecule has 0 saturated heterocycles. The molecule has 0 bridgehead atoms. The number of hydrogen-bond donors (Lipinski definition) is 1. The van der Waals surface area contributed by atoms with Crippen molar-refractivity contribution in [2.75, 3.05) is 4.72 Å². The van der Waals surface area contributed by atoms with Gasteiger partial charge in [-0.05, 0) is 30.1 Å². The third-order valence-electron chi connectivity index (χ3n) is 2.99. The first kappa shape index (κ1) is 18.2. The van der Waals surface area contributed by atoms with Gasteiger partial charge >= 0.3 is 0 Å². The van der Waals surface area contributed by atoms with Gasteiger partial charge in [0.2, 0.25) is 0 Å². The number of halogens is 6. The van der Waals surface area contributed by atoms with Gasteiger partial charge in [0.05, 0.1) is 11.1 Å². The van der Waals surface area contributed by atoms with Crippen LogP contribution in [0.3, 0.4) is 0 Å². The first-order valence-corrected chi connectivity index (χ1v) is 7.23. The SMILES string of the molecule is O=Cc1cccc(SNc2c(F)c(C(F)F)cc(C(F)F)c2F)c1. The number of anilines is 1. The van der Waals surface area contributed by atoms with Crippen LogP contribution in [-0.2, 0) is 0 Å². The van der Waals surface area contributed by atoms with Gasteiger partial charge in [-0.15, -0.1) is 0 Å². The zero-order chi connectivity index (χ0) is 17.9. The fraction of sp³-hybridized carbons (Fsp3) is 0.133. The quantitative estimate of drug-likeness (QED) is 0.400. The summed E-state index contributed by atoms with van der Waals surface area (Å²) < 4.78 is 81.1. The van der Waals surface area contributed by atoms with Gasteiger partial charge in [-0.2, -0.15) is 0 Å². The van der Waals surface area contributed by atoms with E-state index >= 15 is 0 Å². The average molecular weight is 365 g/mol. The lowest BCUT2D eigenvalue weighted by Crippen LogP contribution is -2.05. The maximum atomic E-state index is 14.0. The molecule has 0 aliphatic carbocycles. The van der Waals surface area contributed by atoms with Gasteiger partial charge in [0.1, 0.15) is 12.0 Å². The Morgan fingerprint density at radius 3 is 2.04 bits per heavy atom. The standard InChI is InChI=1S/C15H9F6NOS/c16-11-9(14(18)19)5-10(15(20)21)12(17)13(11)22-24-8-3-1-2-7(4-8)6-23/h1-6,14-15,22H. The molecule has 0 aliphatic rings. The second-order valence-corrected chi connectivity index (χ2v) is 5.43. The van der Waals surface area contributed by atoms with Crippen LogP contribution in [0.2, 0.25) is 0 Å². The minimum atomic E-state index is -3.38. The lowest BCUT2D eigenvalue weighted by molar-refractivity contribution is 0.112. The topological polar surface area (TPSA) is 29.1 Å². The van der Waals surface area contributed by atoms with Crippen LogP contribution in [0, 0.1) is 11.6 Å². The van der Waals surface area contributed by atoms with Crippen molar-refractivity contribution in [3.63, 3.8) is 0 Å². The lowest BCUT2D eigenvalue weighted by Gasteiger charge is -2.14. The molecule has 0 atom stereocenters. The molecule has 0 heterocycles. The first-order valence-electron chi connectivity index (χ1n) is 6.41. The minimum absolute atomic E-state index is 0.114. The molecule has 24 heavy (non-hydrogen) atoms. The number of hydrogen-bond acceptors (Lipinski definition) is 3. The molecule has 2 aromatic carbocycles. The Bertz CT molecular complexity index is 721. The molecule has 0 aromatic heterocycles. The van der Waals surface area contributed by atoms with Gasteiger partial charge < -0.3 is 4.72 Å². The molecule has 1 N–H and O–H groups in total. The molecule has 0 amide bonds. The van der Waals surface area contributed by atoms with Crippen LogP contribution in [0.4, 0.5) is 32.0 Å². The molecule has 0 radical (unpaired) electrons. The van der Waals surface area contributed by atoms with E-state index in [2.05, 4.69) is 4.72 Å². The second kappa shape index (κ2) is 7.61. The van der Waals surface area contributed by atoms with Crippen molar-refractivity contribution in [1.82, 2.24) is 0 Å². The van der Waals surface area contributed by atoms with Crippen LogP contribution in [0.25, 0.3) is 0 Å². The van der Waals surface area contributed by atoms with Crippen LogP contribution in [-0.4, -0.2) is 6.29 Å². The van der Waals surface area contributed by atoms with Gasteiger partial charge in [0.15, 0.2) is 11.6 Å². The summed E-state index contributed by atoms with van der Waals surface area (Å²) >= 11 is 0.594. The van der Waals surface area contributed by atoms with Gasteiger partial charge in [-0.3, -0.25) is 4.79 Å². The van der Waals surface area contributed by atoms with E-state index in [-0.39, 0.29) is 11.6 Å². The van der Waals surface area contributed by atoms with Gasteiger partial charge in [-0.1, -0.05) is 12.1 Å². The smallest absolute Gasteiger partial charge is 0.266 e. The fourth-order valence-corrected chi connectivity index (χ4v) is 2.59. The van der Waals surface area contributed by atoms with Crippen molar-refractivity contribution >= 4 is 23.9 Å². The highest BCUT2D eigenvalue weighted by molar-refractivity contribution is 8.00. The summed E-state index contributed by atoms with van der Waals surface area (Å²) in [5.41, 5.74) is -3.46. The summed E-state index contributed by atoms with van der Waals surface area (Å²) in [5.74, 6) is -3.29.